The van der Waals surface area contributed by atoms with E-state index in [0.717, 1.165) is 35.5 Å². The van der Waals surface area contributed by atoms with Gasteiger partial charge in [-0.3, -0.25) is 9.67 Å². The lowest BCUT2D eigenvalue weighted by Crippen LogP contribution is -2.22. The van der Waals surface area contributed by atoms with E-state index < -0.39 is 0 Å². The highest BCUT2D eigenvalue weighted by Crippen LogP contribution is 2.24. The average molecular weight is 282 g/mol. The van der Waals surface area contributed by atoms with E-state index in [0.29, 0.717) is 0 Å². The van der Waals surface area contributed by atoms with Gasteiger partial charge < -0.3 is 4.90 Å². The molecular weight excluding hydrogens is 264 g/mol. The number of pyridine rings is 1. The molecule has 6 heteroatoms. The second-order valence-electron chi connectivity index (χ2n) is 5.13. The van der Waals surface area contributed by atoms with Gasteiger partial charge in [0.1, 0.15) is 12.1 Å². The van der Waals surface area contributed by atoms with Gasteiger partial charge in [-0.15, -0.1) is 0 Å². The molecule has 0 atom stereocenters. The minimum absolute atomic E-state index is 0.869. The Morgan fingerprint density at radius 1 is 1.19 bits per heavy atom. The van der Waals surface area contributed by atoms with Gasteiger partial charge in [-0.25, -0.2) is 9.97 Å². The fraction of sp³-hybridized carbons (Fsp3) is 0.333. The first-order chi connectivity index (χ1) is 10.2. The Morgan fingerprint density at radius 2 is 1.95 bits per heavy atom. The quantitative estimate of drug-likeness (QED) is 0.729. The number of nitrogens with zero attached hydrogens (tertiary/aromatic N) is 6. The standard InChI is InChI=1S/C15H18N6/c1-11-13-14(17-10-18-15(13)21(3)19-11)20(2)9-6-12-4-7-16-8-5-12/h4-5,7-8,10H,6,9H2,1-3H3. The molecule has 3 heterocycles. The number of anilines is 1. The molecule has 0 aliphatic carbocycles. The van der Waals surface area contributed by atoms with Crippen molar-refractivity contribution in [2.45, 2.75) is 13.3 Å². The van der Waals surface area contributed by atoms with Crippen LogP contribution in [0.3, 0.4) is 0 Å². The first-order valence-electron chi connectivity index (χ1n) is 6.91. The zero-order valence-electron chi connectivity index (χ0n) is 12.5. The summed E-state index contributed by atoms with van der Waals surface area (Å²) < 4.78 is 1.80. The van der Waals surface area contributed by atoms with Crippen molar-refractivity contribution < 1.29 is 0 Å². The molecular formula is C15H18N6. The van der Waals surface area contributed by atoms with Gasteiger partial charge in [0.05, 0.1) is 11.1 Å². The molecule has 0 aliphatic heterocycles. The highest BCUT2D eigenvalue weighted by atomic mass is 15.3. The van der Waals surface area contributed by atoms with Gasteiger partial charge in [-0.2, -0.15) is 5.10 Å². The van der Waals surface area contributed by atoms with Gasteiger partial charge in [0, 0.05) is 33.0 Å². The molecule has 6 nitrogen and oxygen atoms in total. The first-order valence-corrected chi connectivity index (χ1v) is 6.91. The van der Waals surface area contributed by atoms with E-state index in [2.05, 4.69) is 32.0 Å². The van der Waals surface area contributed by atoms with Gasteiger partial charge in [0.15, 0.2) is 5.65 Å². The zero-order chi connectivity index (χ0) is 14.8. The summed E-state index contributed by atoms with van der Waals surface area (Å²) in [4.78, 5) is 15.0. The van der Waals surface area contributed by atoms with Gasteiger partial charge in [-0.1, -0.05) is 0 Å². The summed E-state index contributed by atoms with van der Waals surface area (Å²) in [5.74, 6) is 0.930. The van der Waals surface area contributed by atoms with Crippen molar-refractivity contribution in [2.75, 3.05) is 18.5 Å². The van der Waals surface area contributed by atoms with Crippen molar-refractivity contribution in [1.82, 2.24) is 24.7 Å². The molecule has 3 aromatic rings. The van der Waals surface area contributed by atoms with Crippen LogP contribution in [0.2, 0.25) is 0 Å². The van der Waals surface area contributed by atoms with E-state index >= 15 is 0 Å². The largest absolute Gasteiger partial charge is 0.359 e. The Kier molecular flexibility index (Phi) is 3.51. The number of aryl methyl sites for hydroxylation is 2. The maximum Gasteiger partial charge on any atom is 0.163 e. The molecule has 21 heavy (non-hydrogen) atoms. The lowest BCUT2D eigenvalue weighted by molar-refractivity contribution is 0.773. The summed E-state index contributed by atoms with van der Waals surface area (Å²) in [5.41, 5.74) is 3.09. The molecule has 0 bridgehead atoms. The summed E-state index contributed by atoms with van der Waals surface area (Å²) in [7, 11) is 3.96. The molecule has 0 saturated heterocycles. The number of hydrogen-bond acceptors (Lipinski definition) is 5. The molecule has 0 aliphatic rings. The van der Waals surface area contributed by atoms with Crippen molar-refractivity contribution in [2.24, 2.45) is 7.05 Å². The van der Waals surface area contributed by atoms with Crippen molar-refractivity contribution >= 4 is 16.9 Å². The second-order valence-corrected chi connectivity index (χ2v) is 5.13. The number of aromatic nitrogens is 5. The Balaban J connectivity index is 1.86. The smallest absolute Gasteiger partial charge is 0.163 e. The van der Waals surface area contributed by atoms with Crippen molar-refractivity contribution in [3.8, 4) is 0 Å². The van der Waals surface area contributed by atoms with Crippen LogP contribution in [0, 0.1) is 6.92 Å². The van der Waals surface area contributed by atoms with E-state index in [-0.39, 0.29) is 0 Å². The monoisotopic (exact) mass is 282 g/mol. The predicted molar refractivity (Wildman–Crippen MR) is 82.3 cm³/mol. The lowest BCUT2D eigenvalue weighted by atomic mass is 10.2. The summed E-state index contributed by atoms with van der Waals surface area (Å²) >= 11 is 0. The van der Waals surface area contributed by atoms with Crippen LogP contribution in [0.5, 0.6) is 0 Å². The zero-order valence-corrected chi connectivity index (χ0v) is 12.5. The molecule has 3 aromatic heterocycles. The van der Waals surface area contributed by atoms with Gasteiger partial charge in [0.25, 0.3) is 0 Å². The Hall–Kier alpha value is -2.50. The molecule has 0 saturated carbocycles. The molecule has 0 amide bonds. The molecule has 108 valence electrons. The fourth-order valence-corrected chi connectivity index (χ4v) is 2.50. The van der Waals surface area contributed by atoms with Crippen molar-refractivity contribution in [3.05, 3.63) is 42.1 Å². The second kappa shape index (κ2) is 5.47. The molecule has 0 fully saturated rings. The summed E-state index contributed by atoms with van der Waals surface area (Å²) in [6.07, 6.45) is 6.19. The van der Waals surface area contributed by atoms with Crippen LogP contribution in [-0.2, 0) is 13.5 Å². The normalized spacial score (nSPS) is 11.0. The highest BCUT2D eigenvalue weighted by Gasteiger charge is 2.15. The summed E-state index contributed by atoms with van der Waals surface area (Å²) in [6.45, 7) is 2.87. The molecule has 3 rings (SSSR count). The van der Waals surface area contributed by atoms with Crippen molar-refractivity contribution in [1.29, 1.82) is 0 Å². The first kappa shape index (κ1) is 13.5. The van der Waals surface area contributed by atoms with E-state index in [1.54, 1.807) is 11.0 Å². The van der Waals surface area contributed by atoms with Gasteiger partial charge >= 0.3 is 0 Å². The maximum atomic E-state index is 4.44. The number of likely N-dealkylation sites (N-methyl/N-ethyl adjacent to an activating group) is 1. The van der Waals surface area contributed by atoms with Crippen molar-refractivity contribution in [3.63, 3.8) is 0 Å². The van der Waals surface area contributed by atoms with E-state index in [1.807, 2.05) is 38.5 Å². The van der Waals surface area contributed by atoms with Gasteiger partial charge in [0.2, 0.25) is 0 Å². The van der Waals surface area contributed by atoms with Crippen LogP contribution >= 0.6 is 0 Å². The average Bonchev–Trinajstić information content (AvgIpc) is 2.81. The van der Waals surface area contributed by atoms with E-state index in [9.17, 15) is 0 Å². The molecule has 0 aromatic carbocycles. The summed E-state index contributed by atoms with van der Waals surface area (Å²) in [6, 6.07) is 4.08. The Labute approximate surface area is 123 Å². The number of hydrogen-bond donors (Lipinski definition) is 0. The topological polar surface area (TPSA) is 59.7 Å². The highest BCUT2D eigenvalue weighted by molar-refractivity contribution is 5.89. The van der Waals surface area contributed by atoms with E-state index in [4.69, 9.17) is 0 Å². The van der Waals surface area contributed by atoms with Crippen LogP contribution in [-0.4, -0.2) is 38.3 Å². The molecule has 0 N–H and O–H groups in total. The molecule has 0 spiro atoms. The number of fused-ring (bicyclic) bond motifs is 1. The van der Waals surface area contributed by atoms with Crippen LogP contribution in [0.15, 0.2) is 30.9 Å². The van der Waals surface area contributed by atoms with Crippen LogP contribution in [0.1, 0.15) is 11.3 Å². The van der Waals surface area contributed by atoms with Crippen LogP contribution in [0.4, 0.5) is 5.82 Å². The Bertz CT molecular complexity index is 749. The maximum absolute atomic E-state index is 4.44. The third kappa shape index (κ3) is 2.56. The van der Waals surface area contributed by atoms with E-state index in [1.165, 1.54) is 5.56 Å². The molecule has 0 unspecified atom stereocenters. The van der Waals surface area contributed by atoms with Gasteiger partial charge in [-0.05, 0) is 31.0 Å². The van der Waals surface area contributed by atoms with Crippen LogP contribution < -0.4 is 4.90 Å². The minimum Gasteiger partial charge on any atom is -0.359 e. The minimum atomic E-state index is 0.869. The number of rotatable bonds is 4. The Morgan fingerprint density at radius 3 is 2.71 bits per heavy atom. The third-order valence-corrected chi connectivity index (χ3v) is 3.62. The third-order valence-electron chi connectivity index (χ3n) is 3.62. The predicted octanol–water partition coefficient (Wildman–Crippen LogP) is 1.75. The lowest BCUT2D eigenvalue weighted by Gasteiger charge is -2.18. The fourth-order valence-electron chi connectivity index (χ4n) is 2.50. The molecule has 0 radical (unpaired) electrons. The SMILES string of the molecule is Cc1nn(C)c2ncnc(N(C)CCc3ccncc3)c12. The van der Waals surface area contributed by atoms with Crippen LogP contribution in [0.25, 0.3) is 11.0 Å². The summed E-state index contributed by atoms with van der Waals surface area (Å²) in [5, 5.41) is 5.46.